The van der Waals surface area contributed by atoms with Gasteiger partial charge in [0, 0.05) is 4.88 Å². The summed E-state index contributed by atoms with van der Waals surface area (Å²) in [5.41, 5.74) is 1.16. The van der Waals surface area contributed by atoms with Gasteiger partial charge in [0.1, 0.15) is 0 Å². The Morgan fingerprint density at radius 2 is 2.33 bits per heavy atom. The van der Waals surface area contributed by atoms with Crippen LogP contribution in [0.5, 0.6) is 0 Å². The highest BCUT2D eigenvalue weighted by Gasteiger charge is 2.00. The van der Waals surface area contributed by atoms with E-state index in [1.165, 1.54) is 4.88 Å². The summed E-state index contributed by atoms with van der Waals surface area (Å²) in [5.74, 6) is 0. The lowest BCUT2D eigenvalue weighted by Crippen LogP contribution is -1.76. The summed E-state index contributed by atoms with van der Waals surface area (Å²) in [5, 5.41) is 0. The van der Waals surface area contributed by atoms with Crippen LogP contribution in [0.25, 0.3) is 0 Å². The Bertz CT molecular complexity index is 207. The maximum absolute atomic E-state index is 4.22. The Balaban J connectivity index is 3.01. The molecule has 0 aromatic carbocycles. The molecule has 1 nitrogen and oxygen atoms in total. The number of nitrogens with zero attached hydrogens (tertiary/aromatic N) is 1. The van der Waals surface area contributed by atoms with Crippen molar-refractivity contribution in [2.45, 2.75) is 20.3 Å². The number of aryl methyl sites for hydroxylation is 2. The van der Waals surface area contributed by atoms with Crippen molar-refractivity contribution < 1.29 is 0 Å². The second kappa shape index (κ2) is 2.80. The van der Waals surface area contributed by atoms with Crippen LogP contribution < -0.4 is 0 Å². The van der Waals surface area contributed by atoms with E-state index in [2.05, 4.69) is 27.8 Å². The summed E-state index contributed by atoms with van der Waals surface area (Å²) < 4.78 is 0.997. The molecular weight excluding hydrogens is 198 g/mol. The topological polar surface area (TPSA) is 12.9 Å². The Morgan fingerprint density at radius 3 is 2.56 bits per heavy atom. The molecule has 0 atom stereocenters. The smallest absolute Gasteiger partial charge is 0.159 e. The van der Waals surface area contributed by atoms with Gasteiger partial charge in [0.25, 0.3) is 0 Å². The molecule has 3 heteroatoms. The van der Waals surface area contributed by atoms with Gasteiger partial charge in [-0.05, 0) is 29.3 Å². The van der Waals surface area contributed by atoms with Crippen LogP contribution in [-0.4, -0.2) is 4.98 Å². The molecule has 9 heavy (non-hydrogen) atoms. The van der Waals surface area contributed by atoms with E-state index in [0.29, 0.717) is 0 Å². The molecule has 1 heterocycles. The molecule has 0 N–H and O–H groups in total. The molecule has 0 radical (unpaired) electrons. The average molecular weight is 206 g/mol. The fraction of sp³-hybridized carbons (Fsp3) is 0.500. The maximum Gasteiger partial charge on any atom is 0.159 e. The van der Waals surface area contributed by atoms with Gasteiger partial charge in [-0.3, -0.25) is 0 Å². The minimum absolute atomic E-state index is 0.997. The fourth-order valence-electron chi connectivity index (χ4n) is 0.721. The zero-order chi connectivity index (χ0) is 6.85. The van der Waals surface area contributed by atoms with E-state index in [9.17, 15) is 0 Å². The van der Waals surface area contributed by atoms with Crippen LogP contribution in [0.4, 0.5) is 0 Å². The predicted molar refractivity (Wildman–Crippen MR) is 43.9 cm³/mol. The number of hydrogen-bond donors (Lipinski definition) is 0. The van der Waals surface area contributed by atoms with Crippen LogP contribution in [0.2, 0.25) is 0 Å². The van der Waals surface area contributed by atoms with Gasteiger partial charge in [-0.25, -0.2) is 4.98 Å². The van der Waals surface area contributed by atoms with E-state index < -0.39 is 0 Å². The third-order valence-corrected chi connectivity index (χ3v) is 2.94. The molecular formula is C6H8BrNS. The lowest BCUT2D eigenvalue weighted by Gasteiger charge is -1.85. The van der Waals surface area contributed by atoms with E-state index in [0.717, 1.165) is 16.0 Å². The minimum atomic E-state index is 0.997. The van der Waals surface area contributed by atoms with Gasteiger partial charge in [0.05, 0.1) is 5.69 Å². The van der Waals surface area contributed by atoms with Crippen LogP contribution in [0.3, 0.4) is 0 Å². The molecule has 0 bridgehead atoms. The molecule has 0 saturated heterocycles. The molecule has 50 valence electrons. The SMILES string of the molecule is CCc1sc(Br)nc1C. The normalized spacial score (nSPS) is 10.1. The molecule has 1 aromatic rings. The molecule has 0 spiro atoms. The second-order valence-electron chi connectivity index (χ2n) is 1.83. The highest BCUT2D eigenvalue weighted by molar-refractivity contribution is 9.11. The largest absolute Gasteiger partial charge is 0.234 e. The third-order valence-electron chi connectivity index (χ3n) is 1.19. The van der Waals surface area contributed by atoms with E-state index in [1.807, 2.05) is 6.92 Å². The van der Waals surface area contributed by atoms with E-state index in [-0.39, 0.29) is 0 Å². The van der Waals surface area contributed by atoms with Crippen molar-refractivity contribution in [3.8, 4) is 0 Å². The monoisotopic (exact) mass is 205 g/mol. The first kappa shape index (κ1) is 7.22. The van der Waals surface area contributed by atoms with E-state index >= 15 is 0 Å². The zero-order valence-corrected chi connectivity index (χ0v) is 7.84. The molecule has 1 rings (SSSR count). The van der Waals surface area contributed by atoms with Gasteiger partial charge in [-0.2, -0.15) is 0 Å². The molecule has 0 amide bonds. The van der Waals surface area contributed by atoms with E-state index in [4.69, 9.17) is 0 Å². The number of rotatable bonds is 1. The summed E-state index contributed by atoms with van der Waals surface area (Å²) in [4.78, 5) is 5.59. The quantitative estimate of drug-likeness (QED) is 0.688. The van der Waals surface area contributed by atoms with Crippen LogP contribution in [0.15, 0.2) is 3.92 Å². The van der Waals surface area contributed by atoms with Crippen molar-refractivity contribution >= 4 is 27.3 Å². The van der Waals surface area contributed by atoms with Crippen molar-refractivity contribution in [3.05, 3.63) is 14.5 Å². The van der Waals surface area contributed by atoms with Crippen LogP contribution in [0, 0.1) is 6.92 Å². The van der Waals surface area contributed by atoms with Gasteiger partial charge in [0.15, 0.2) is 3.92 Å². The summed E-state index contributed by atoms with van der Waals surface area (Å²) >= 11 is 5.05. The maximum atomic E-state index is 4.22. The van der Waals surface area contributed by atoms with Gasteiger partial charge < -0.3 is 0 Å². The third kappa shape index (κ3) is 1.52. The average Bonchev–Trinajstić information content (AvgIpc) is 2.10. The van der Waals surface area contributed by atoms with E-state index in [1.54, 1.807) is 11.3 Å². The lowest BCUT2D eigenvalue weighted by molar-refractivity contribution is 1.11. The summed E-state index contributed by atoms with van der Waals surface area (Å²) in [6.07, 6.45) is 1.09. The number of hydrogen-bond acceptors (Lipinski definition) is 2. The number of aromatic nitrogens is 1. The molecule has 0 fully saturated rings. The first-order valence-corrected chi connectivity index (χ1v) is 4.46. The molecule has 0 unspecified atom stereocenters. The molecule has 0 aliphatic heterocycles. The van der Waals surface area contributed by atoms with Crippen LogP contribution in [-0.2, 0) is 6.42 Å². The van der Waals surface area contributed by atoms with Crippen molar-refractivity contribution in [2.75, 3.05) is 0 Å². The van der Waals surface area contributed by atoms with Crippen LogP contribution in [0.1, 0.15) is 17.5 Å². The molecule has 0 saturated carbocycles. The standard InChI is InChI=1S/C6H8BrNS/c1-3-5-4(2)8-6(7)9-5/h3H2,1-2H3. The molecule has 0 aliphatic carbocycles. The summed E-state index contributed by atoms with van der Waals surface area (Å²) in [6, 6.07) is 0. The number of thiazole rings is 1. The van der Waals surface area contributed by atoms with Gasteiger partial charge >= 0.3 is 0 Å². The molecule has 1 aromatic heterocycles. The Morgan fingerprint density at radius 1 is 1.67 bits per heavy atom. The second-order valence-corrected chi connectivity index (χ2v) is 4.19. The Kier molecular flexibility index (Phi) is 2.24. The van der Waals surface area contributed by atoms with Crippen molar-refractivity contribution in [1.82, 2.24) is 4.98 Å². The zero-order valence-electron chi connectivity index (χ0n) is 5.44. The first-order valence-electron chi connectivity index (χ1n) is 2.86. The molecule has 0 aliphatic rings. The van der Waals surface area contributed by atoms with Gasteiger partial charge in [0.2, 0.25) is 0 Å². The fourth-order valence-corrected chi connectivity index (χ4v) is 2.30. The predicted octanol–water partition coefficient (Wildman–Crippen LogP) is 2.78. The lowest BCUT2D eigenvalue weighted by atomic mass is 10.3. The Hall–Kier alpha value is 0.110. The van der Waals surface area contributed by atoms with Crippen LogP contribution >= 0.6 is 27.3 Å². The number of halogens is 1. The highest BCUT2D eigenvalue weighted by Crippen LogP contribution is 2.22. The highest BCUT2D eigenvalue weighted by atomic mass is 79.9. The van der Waals surface area contributed by atoms with Gasteiger partial charge in [-0.1, -0.05) is 6.92 Å². The van der Waals surface area contributed by atoms with Crippen molar-refractivity contribution in [1.29, 1.82) is 0 Å². The Labute approximate surface area is 67.3 Å². The summed E-state index contributed by atoms with van der Waals surface area (Å²) in [6.45, 7) is 4.19. The van der Waals surface area contributed by atoms with Crippen molar-refractivity contribution in [2.24, 2.45) is 0 Å². The van der Waals surface area contributed by atoms with Crippen molar-refractivity contribution in [3.63, 3.8) is 0 Å². The first-order chi connectivity index (χ1) is 4.24. The van der Waals surface area contributed by atoms with Gasteiger partial charge in [-0.15, -0.1) is 11.3 Å². The summed E-state index contributed by atoms with van der Waals surface area (Å²) in [7, 11) is 0. The minimum Gasteiger partial charge on any atom is -0.234 e.